The zero-order valence-corrected chi connectivity index (χ0v) is 19.9. The summed E-state index contributed by atoms with van der Waals surface area (Å²) in [6, 6.07) is 19.3. The van der Waals surface area contributed by atoms with Gasteiger partial charge in [-0.1, -0.05) is 23.7 Å². The molecule has 8 nitrogen and oxygen atoms in total. The highest BCUT2D eigenvalue weighted by molar-refractivity contribution is 6.30. The SMILES string of the molecule is COc1ccc(NC(=O)c2cn(Cc3ccc(NC(=O)c4ccc(Cl)cc4)cc3)cn2)cc1OC. The van der Waals surface area contributed by atoms with Crippen LogP contribution in [0.4, 0.5) is 11.4 Å². The van der Waals surface area contributed by atoms with E-state index < -0.39 is 0 Å². The van der Waals surface area contributed by atoms with E-state index in [1.807, 2.05) is 28.8 Å². The fourth-order valence-electron chi connectivity index (χ4n) is 3.38. The molecule has 0 aliphatic rings. The van der Waals surface area contributed by atoms with Gasteiger partial charge in [0.1, 0.15) is 5.69 Å². The number of amides is 2. The van der Waals surface area contributed by atoms with Crippen LogP contribution in [0.1, 0.15) is 26.4 Å². The lowest BCUT2D eigenvalue weighted by Crippen LogP contribution is -2.12. The first-order valence-electron chi connectivity index (χ1n) is 10.7. The van der Waals surface area contributed by atoms with Crippen molar-refractivity contribution >= 4 is 34.8 Å². The second kappa shape index (κ2) is 10.8. The molecule has 0 saturated heterocycles. The van der Waals surface area contributed by atoms with Crippen molar-refractivity contribution in [2.75, 3.05) is 24.9 Å². The molecule has 4 aromatic rings. The van der Waals surface area contributed by atoms with Crippen LogP contribution in [0.2, 0.25) is 5.02 Å². The highest BCUT2D eigenvalue weighted by Crippen LogP contribution is 2.29. The zero-order chi connectivity index (χ0) is 24.8. The summed E-state index contributed by atoms with van der Waals surface area (Å²) in [7, 11) is 3.08. The average Bonchev–Trinajstić information content (AvgIpc) is 3.34. The molecule has 0 radical (unpaired) electrons. The maximum atomic E-state index is 12.6. The molecule has 35 heavy (non-hydrogen) atoms. The third kappa shape index (κ3) is 5.99. The van der Waals surface area contributed by atoms with E-state index in [4.69, 9.17) is 21.1 Å². The highest BCUT2D eigenvalue weighted by atomic mass is 35.5. The molecule has 2 amide bonds. The summed E-state index contributed by atoms with van der Waals surface area (Å²) in [4.78, 5) is 29.2. The summed E-state index contributed by atoms with van der Waals surface area (Å²) in [5, 5.41) is 6.24. The first-order valence-corrected chi connectivity index (χ1v) is 11.0. The predicted molar refractivity (Wildman–Crippen MR) is 135 cm³/mol. The van der Waals surface area contributed by atoms with Crippen LogP contribution in [0.5, 0.6) is 11.5 Å². The normalized spacial score (nSPS) is 10.5. The summed E-state index contributed by atoms with van der Waals surface area (Å²) in [6.45, 7) is 0.516. The predicted octanol–water partition coefficient (Wildman–Crippen LogP) is 5.11. The maximum Gasteiger partial charge on any atom is 0.275 e. The number of benzene rings is 3. The average molecular weight is 491 g/mol. The number of halogens is 1. The Hall–Kier alpha value is -4.30. The van der Waals surface area contributed by atoms with Crippen molar-refractivity contribution in [2.45, 2.75) is 6.54 Å². The molecule has 1 aromatic heterocycles. The van der Waals surface area contributed by atoms with E-state index in [9.17, 15) is 9.59 Å². The van der Waals surface area contributed by atoms with Crippen molar-refractivity contribution in [3.63, 3.8) is 0 Å². The summed E-state index contributed by atoms with van der Waals surface area (Å²) >= 11 is 5.87. The standard InChI is InChI=1S/C26H23ClN4O4/c1-34-23-12-11-21(13-24(23)35-2)30-26(33)22-15-31(16-28-22)14-17-3-9-20(10-4-17)29-25(32)18-5-7-19(27)8-6-18/h3-13,15-16H,14H2,1-2H3,(H,29,32)(H,30,33). The van der Waals surface area contributed by atoms with Gasteiger partial charge in [-0.2, -0.15) is 0 Å². The van der Waals surface area contributed by atoms with Crippen LogP contribution in [0.25, 0.3) is 0 Å². The third-order valence-corrected chi connectivity index (χ3v) is 5.44. The zero-order valence-electron chi connectivity index (χ0n) is 19.1. The first kappa shape index (κ1) is 23.8. The van der Waals surface area contributed by atoms with Gasteiger partial charge in [-0.25, -0.2) is 4.98 Å². The number of hydrogen-bond acceptors (Lipinski definition) is 5. The minimum atomic E-state index is -0.337. The lowest BCUT2D eigenvalue weighted by molar-refractivity contribution is 0.101. The molecule has 0 atom stereocenters. The van der Waals surface area contributed by atoms with Crippen molar-refractivity contribution in [2.24, 2.45) is 0 Å². The van der Waals surface area contributed by atoms with Gasteiger partial charge >= 0.3 is 0 Å². The van der Waals surface area contributed by atoms with Crippen LogP contribution in [-0.4, -0.2) is 35.6 Å². The molecule has 0 fully saturated rings. The lowest BCUT2D eigenvalue weighted by Gasteiger charge is -2.10. The van der Waals surface area contributed by atoms with Crippen LogP contribution >= 0.6 is 11.6 Å². The van der Waals surface area contributed by atoms with Crippen LogP contribution in [-0.2, 0) is 6.54 Å². The number of imidazole rings is 1. The topological polar surface area (TPSA) is 94.5 Å². The Balaban J connectivity index is 1.35. The van der Waals surface area contributed by atoms with Crippen LogP contribution in [0.3, 0.4) is 0 Å². The lowest BCUT2D eigenvalue weighted by atomic mass is 10.2. The van der Waals surface area contributed by atoms with Gasteiger partial charge in [-0.3, -0.25) is 9.59 Å². The number of aromatic nitrogens is 2. The molecule has 0 saturated carbocycles. The van der Waals surface area contributed by atoms with Crippen molar-refractivity contribution in [3.8, 4) is 11.5 Å². The molecule has 2 N–H and O–H groups in total. The number of carbonyl (C=O) groups is 2. The molecule has 3 aromatic carbocycles. The van der Waals surface area contributed by atoms with Gasteiger partial charge in [0.15, 0.2) is 11.5 Å². The molecule has 1 heterocycles. The molecule has 0 unspecified atom stereocenters. The Morgan fingerprint density at radius 3 is 2.20 bits per heavy atom. The van der Waals surface area contributed by atoms with Gasteiger partial charge in [-0.05, 0) is 54.1 Å². The van der Waals surface area contributed by atoms with Crippen molar-refractivity contribution < 1.29 is 19.1 Å². The van der Waals surface area contributed by atoms with Gasteiger partial charge in [0.25, 0.3) is 11.8 Å². The first-order chi connectivity index (χ1) is 16.9. The van der Waals surface area contributed by atoms with Crippen molar-refractivity contribution in [1.82, 2.24) is 9.55 Å². The fraction of sp³-hybridized carbons (Fsp3) is 0.115. The van der Waals surface area contributed by atoms with Gasteiger partial charge in [0.2, 0.25) is 0 Å². The maximum absolute atomic E-state index is 12.6. The van der Waals surface area contributed by atoms with E-state index in [1.165, 1.54) is 7.11 Å². The minimum absolute atomic E-state index is 0.214. The molecular formula is C26H23ClN4O4. The van der Waals surface area contributed by atoms with Crippen LogP contribution in [0, 0.1) is 0 Å². The second-order valence-electron chi connectivity index (χ2n) is 7.61. The number of ether oxygens (including phenoxy) is 2. The van der Waals surface area contributed by atoms with Crippen LogP contribution < -0.4 is 20.1 Å². The molecular weight excluding hydrogens is 468 g/mol. The number of anilines is 2. The number of nitrogens with zero attached hydrogens (tertiary/aromatic N) is 2. The number of carbonyl (C=O) groups excluding carboxylic acids is 2. The van der Waals surface area contributed by atoms with E-state index in [0.29, 0.717) is 40.0 Å². The van der Waals surface area contributed by atoms with E-state index in [2.05, 4.69) is 15.6 Å². The van der Waals surface area contributed by atoms with E-state index >= 15 is 0 Å². The highest BCUT2D eigenvalue weighted by Gasteiger charge is 2.12. The molecule has 4 rings (SSSR count). The summed E-state index contributed by atoms with van der Waals surface area (Å²) < 4.78 is 12.3. The van der Waals surface area contributed by atoms with Crippen molar-refractivity contribution in [1.29, 1.82) is 0 Å². The molecule has 0 aliphatic heterocycles. The Bertz CT molecular complexity index is 1330. The molecule has 0 aliphatic carbocycles. The summed E-state index contributed by atoms with van der Waals surface area (Å²) in [5.41, 5.74) is 3.04. The minimum Gasteiger partial charge on any atom is -0.493 e. The second-order valence-corrected chi connectivity index (χ2v) is 8.05. The fourth-order valence-corrected chi connectivity index (χ4v) is 3.51. The third-order valence-electron chi connectivity index (χ3n) is 5.19. The smallest absolute Gasteiger partial charge is 0.275 e. The largest absolute Gasteiger partial charge is 0.493 e. The van der Waals surface area contributed by atoms with Gasteiger partial charge < -0.3 is 24.7 Å². The Labute approximate surface area is 207 Å². The Morgan fingerprint density at radius 2 is 1.51 bits per heavy atom. The van der Waals surface area contributed by atoms with Crippen molar-refractivity contribution in [3.05, 3.63) is 101 Å². The molecule has 178 valence electrons. The van der Waals surface area contributed by atoms with E-state index in [0.717, 1.165) is 5.56 Å². The van der Waals surface area contributed by atoms with Gasteiger partial charge in [0, 0.05) is 40.8 Å². The van der Waals surface area contributed by atoms with Crippen LogP contribution in [0.15, 0.2) is 79.3 Å². The Kier molecular flexibility index (Phi) is 7.32. The monoisotopic (exact) mass is 490 g/mol. The van der Waals surface area contributed by atoms with Gasteiger partial charge in [0.05, 0.1) is 20.5 Å². The summed E-state index contributed by atoms with van der Waals surface area (Å²) in [6.07, 6.45) is 3.27. The number of rotatable bonds is 8. The quantitative estimate of drug-likeness (QED) is 0.358. The molecule has 0 spiro atoms. The number of hydrogen-bond donors (Lipinski definition) is 2. The van der Waals surface area contributed by atoms with Gasteiger partial charge in [-0.15, -0.1) is 0 Å². The number of nitrogens with one attached hydrogen (secondary N) is 2. The molecule has 0 bridgehead atoms. The number of methoxy groups -OCH3 is 2. The summed E-state index contributed by atoms with van der Waals surface area (Å²) in [5.74, 6) is 0.541. The van der Waals surface area contributed by atoms with E-state index in [1.54, 1.807) is 62.1 Å². The van der Waals surface area contributed by atoms with E-state index in [-0.39, 0.29) is 17.5 Å². The Morgan fingerprint density at radius 1 is 0.857 bits per heavy atom. The molecule has 9 heteroatoms.